The number of thiazole rings is 1. The molecule has 0 N–H and O–H groups in total. The molecule has 42 heavy (non-hydrogen) atoms. The van der Waals surface area contributed by atoms with Gasteiger partial charge in [0.15, 0.2) is 12.7 Å². The lowest BCUT2D eigenvalue weighted by molar-refractivity contribution is -0.683. The van der Waals surface area contributed by atoms with E-state index >= 15 is 0 Å². The van der Waals surface area contributed by atoms with E-state index in [2.05, 4.69) is 13.5 Å². The fourth-order valence-electron chi connectivity index (χ4n) is 4.61. The second-order valence-corrected chi connectivity index (χ2v) is 13.3. The number of unbranched alkanes of at least 4 members (excludes halogenated alkanes) is 13. The van der Waals surface area contributed by atoms with Crippen LogP contribution in [0.5, 0.6) is 5.75 Å². The number of phosphoric acid groups is 1. The van der Waals surface area contributed by atoms with Gasteiger partial charge in [-0.3, -0.25) is 4.57 Å². The first-order valence-electron chi connectivity index (χ1n) is 15.9. The number of rotatable bonds is 27. The van der Waals surface area contributed by atoms with Crippen molar-refractivity contribution in [1.29, 1.82) is 0 Å². The van der Waals surface area contributed by atoms with E-state index < -0.39 is 13.9 Å². The standard InChI is InChI=1S/C33H54NO6PS/c1-4-5-6-7-8-9-10-11-12-13-14-15-16-17-22-37-27-33(38-26-30(2)3)28-39-41(35,36)40-32-20-18-19-31(24-32)25-34-21-23-42-29-34/h18-21,23-24,29,33H,2,4-17,22,25-28H2,1,3H3. The first-order valence-corrected chi connectivity index (χ1v) is 18.3. The average molecular weight is 624 g/mol. The van der Waals surface area contributed by atoms with E-state index in [1.165, 1.54) is 77.0 Å². The Balaban J connectivity index is 1.59. The summed E-state index contributed by atoms with van der Waals surface area (Å²) in [6.07, 6.45) is 19.8. The lowest BCUT2D eigenvalue weighted by atomic mass is 10.0. The van der Waals surface area contributed by atoms with Crippen molar-refractivity contribution in [2.24, 2.45) is 0 Å². The van der Waals surface area contributed by atoms with E-state index in [1.807, 2.05) is 34.6 Å². The van der Waals surface area contributed by atoms with E-state index in [-0.39, 0.29) is 19.0 Å². The van der Waals surface area contributed by atoms with E-state index in [0.29, 0.717) is 19.8 Å². The van der Waals surface area contributed by atoms with Gasteiger partial charge in [0.1, 0.15) is 11.9 Å². The van der Waals surface area contributed by atoms with Crippen LogP contribution in [0.3, 0.4) is 0 Å². The third-order valence-corrected chi connectivity index (χ3v) is 8.51. The summed E-state index contributed by atoms with van der Waals surface area (Å²) < 4.78 is 36.6. The number of nitrogens with zero attached hydrogens (tertiary/aromatic N) is 1. The molecule has 1 heterocycles. The Morgan fingerprint density at radius 2 is 1.62 bits per heavy atom. The van der Waals surface area contributed by atoms with Crippen molar-refractivity contribution in [3.63, 3.8) is 0 Å². The highest BCUT2D eigenvalue weighted by Crippen LogP contribution is 2.40. The van der Waals surface area contributed by atoms with Crippen LogP contribution in [0.25, 0.3) is 0 Å². The number of benzene rings is 1. The summed E-state index contributed by atoms with van der Waals surface area (Å²) in [5, 5.41) is 1.98. The fourth-order valence-corrected chi connectivity index (χ4v) is 5.98. The van der Waals surface area contributed by atoms with Crippen LogP contribution in [-0.2, 0) is 25.1 Å². The lowest BCUT2D eigenvalue weighted by Crippen LogP contribution is -2.30. The quantitative estimate of drug-likeness (QED) is 0.0430. The number of hydrogen-bond acceptors (Lipinski definition) is 7. The predicted octanol–water partition coefficient (Wildman–Crippen LogP) is 8.41. The van der Waals surface area contributed by atoms with E-state index in [1.54, 1.807) is 29.5 Å². The molecule has 0 saturated heterocycles. The Labute approximate surface area is 258 Å². The van der Waals surface area contributed by atoms with Gasteiger partial charge in [-0.2, -0.15) is 4.57 Å². The molecule has 2 rings (SSSR count). The zero-order chi connectivity index (χ0) is 30.3. The molecule has 0 saturated carbocycles. The SMILES string of the molecule is C=C(C)COC(COCCCCCCCCCCCCCCCC)COP(=O)([O-])Oc1cccc(C[n+]2ccsc2)c1. The average Bonchev–Trinajstić information content (AvgIpc) is 3.46. The van der Waals surface area contributed by atoms with Crippen molar-refractivity contribution < 1.29 is 32.5 Å². The number of phosphoric ester groups is 1. The molecule has 0 bridgehead atoms. The van der Waals surface area contributed by atoms with Gasteiger partial charge in [0.2, 0.25) is 5.51 Å². The van der Waals surface area contributed by atoms with E-state index in [4.69, 9.17) is 18.5 Å². The molecule has 9 heteroatoms. The van der Waals surface area contributed by atoms with Gasteiger partial charge in [0.25, 0.3) is 0 Å². The molecule has 1 aromatic carbocycles. The van der Waals surface area contributed by atoms with Gasteiger partial charge in [-0.1, -0.05) is 126 Å². The summed E-state index contributed by atoms with van der Waals surface area (Å²) >= 11 is 1.59. The normalized spacial score (nSPS) is 13.6. The number of ether oxygens (including phenoxy) is 2. The maximum Gasteiger partial charge on any atom is 0.319 e. The molecule has 0 aliphatic rings. The highest BCUT2D eigenvalue weighted by atomic mass is 32.1. The smallest absolute Gasteiger partial charge is 0.319 e. The number of hydrogen-bond donors (Lipinski definition) is 0. The molecule has 0 aliphatic carbocycles. The van der Waals surface area contributed by atoms with Gasteiger partial charge in [0.05, 0.1) is 25.2 Å². The van der Waals surface area contributed by atoms with Crippen LogP contribution in [0, 0.1) is 0 Å². The molecule has 2 unspecified atom stereocenters. The second kappa shape index (κ2) is 22.9. The number of aromatic nitrogens is 1. The van der Waals surface area contributed by atoms with E-state index in [9.17, 15) is 9.46 Å². The van der Waals surface area contributed by atoms with Crippen LogP contribution in [0.1, 0.15) is 109 Å². The molecule has 2 aromatic rings. The van der Waals surface area contributed by atoms with Crippen LogP contribution in [0.15, 0.2) is 53.5 Å². The molecule has 238 valence electrons. The van der Waals surface area contributed by atoms with E-state index in [0.717, 1.165) is 24.0 Å². The Bertz CT molecular complexity index is 1000. The lowest BCUT2D eigenvalue weighted by Gasteiger charge is -2.26. The minimum absolute atomic E-state index is 0.183. The Hall–Kier alpha value is -1.54. The predicted molar refractivity (Wildman–Crippen MR) is 170 cm³/mol. The summed E-state index contributed by atoms with van der Waals surface area (Å²) in [4.78, 5) is 12.6. The van der Waals surface area contributed by atoms with Gasteiger partial charge in [-0.15, -0.1) is 0 Å². The van der Waals surface area contributed by atoms with Crippen LogP contribution >= 0.6 is 19.2 Å². The zero-order valence-electron chi connectivity index (χ0n) is 26.0. The van der Waals surface area contributed by atoms with Gasteiger partial charge >= 0.3 is 7.82 Å². The summed E-state index contributed by atoms with van der Waals surface area (Å²) in [5.41, 5.74) is 3.76. The maximum absolute atomic E-state index is 12.6. The molecule has 0 amide bonds. The molecule has 0 aliphatic heterocycles. The van der Waals surface area contributed by atoms with Crippen molar-refractivity contribution >= 4 is 19.2 Å². The van der Waals surface area contributed by atoms with Gasteiger partial charge < -0.3 is 23.4 Å². The van der Waals surface area contributed by atoms with Gasteiger partial charge in [-0.05, 0) is 25.5 Å². The minimum atomic E-state index is -4.59. The van der Waals surface area contributed by atoms with Crippen LogP contribution in [0.4, 0.5) is 0 Å². The third-order valence-electron chi connectivity index (χ3n) is 6.94. The van der Waals surface area contributed by atoms with Crippen molar-refractivity contribution in [2.75, 3.05) is 26.4 Å². The highest BCUT2D eigenvalue weighted by Gasteiger charge is 2.18. The largest absolute Gasteiger partial charge is 0.746 e. The molecule has 0 radical (unpaired) electrons. The second-order valence-electron chi connectivity index (χ2n) is 11.2. The molecule has 0 spiro atoms. The zero-order valence-corrected chi connectivity index (χ0v) is 27.7. The van der Waals surface area contributed by atoms with Gasteiger partial charge in [0, 0.05) is 12.2 Å². The highest BCUT2D eigenvalue weighted by molar-refractivity contribution is 7.46. The summed E-state index contributed by atoms with van der Waals surface area (Å²) in [6.45, 7) is 9.60. The Morgan fingerprint density at radius 1 is 0.976 bits per heavy atom. The van der Waals surface area contributed by atoms with Crippen molar-refractivity contribution in [3.8, 4) is 5.75 Å². The van der Waals surface area contributed by atoms with Crippen molar-refractivity contribution in [3.05, 3.63) is 59.1 Å². The molecular formula is C33H54NO6PS. The third kappa shape index (κ3) is 18.9. The minimum Gasteiger partial charge on any atom is -0.746 e. The maximum atomic E-state index is 12.6. The monoisotopic (exact) mass is 623 g/mol. The summed E-state index contributed by atoms with van der Waals surface area (Å²) in [7, 11) is -4.59. The van der Waals surface area contributed by atoms with Crippen LogP contribution in [0.2, 0.25) is 0 Å². The molecule has 2 atom stereocenters. The summed E-state index contributed by atoms with van der Waals surface area (Å²) in [5.74, 6) is 0.218. The Morgan fingerprint density at radius 3 is 2.21 bits per heavy atom. The first-order chi connectivity index (χ1) is 20.4. The fraction of sp³-hybridized carbons (Fsp3) is 0.667. The molecule has 1 aromatic heterocycles. The summed E-state index contributed by atoms with van der Waals surface area (Å²) in [6, 6.07) is 6.99. The van der Waals surface area contributed by atoms with Crippen LogP contribution in [-0.4, -0.2) is 32.5 Å². The molecular weight excluding hydrogens is 569 g/mol. The van der Waals surface area contributed by atoms with Gasteiger partial charge in [-0.25, -0.2) is 0 Å². The Kier molecular flexibility index (Phi) is 20.0. The van der Waals surface area contributed by atoms with Crippen molar-refractivity contribution in [2.45, 2.75) is 116 Å². The van der Waals surface area contributed by atoms with Crippen molar-refractivity contribution in [1.82, 2.24) is 0 Å². The first kappa shape index (κ1) is 36.7. The topological polar surface area (TPSA) is 80.9 Å². The molecule has 7 nitrogen and oxygen atoms in total. The molecule has 0 fully saturated rings. The van der Waals surface area contributed by atoms with Crippen LogP contribution < -0.4 is 14.0 Å².